The molecule has 0 saturated heterocycles. The molecule has 0 aliphatic carbocycles. The van der Waals surface area contributed by atoms with E-state index in [4.69, 9.17) is 6.58 Å². The Labute approximate surface area is 93.0 Å². The lowest BCUT2D eigenvalue weighted by Crippen LogP contribution is -1.52. The Bertz CT molecular complexity index is 307. The van der Waals surface area contributed by atoms with Crippen molar-refractivity contribution in [1.82, 2.24) is 0 Å². The van der Waals surface area contributed by atoms with Gasteiger partial charge in [-0.05, 0) is 6.92 Å². The molecular weight excluding hydrogens is 180 g/mol. The van der Waals surface area contributed by atoms with Crippen LogP contribution in [0.15, 0.2) is 79.0 Å². The topological polar surface area (TPSA) is 0 Å². The van der Waals surface area contributed by atoms with E-state index in [9.17, 15) is 0 Å². The third kappa shape index (κ3) is 12.2. The summed E-state index contributed by atoms with van der Waals surface area (Å²) in [6, 6.07) is 0. The van der Waals surface area contributed by atoms with Gasteiger partial charge in [-0.25, -0.2) is 0 Å². The van der Waals surface area contributed by atoms with E-state index >= 15 is 0 Å². The van der Waals surface area contributed by atoms with Gasteiger partial charge in [0.05, 0.1) is 0 Å². The van der Waals surface area contributed by atoms with E-state index in [1.807, 2.05) is 73.8 Å². The van der Waals surface area contributed by atoms with Crippen LogP contribution in [0.25, 0.3) is 0 Å². The van der Waals surface area contributed by atoms with Gasteiger partial charge >= 0.3 is 0 Å². The summed E-state index contributed by atoms with van der Waals surface area (Å²) in [6.07, 6.45) is 24.8. The van der Waals surface area contributed by atoms with Crippen molar-refractivity contribution in [3.8, 4) is 0 Å². The van der Waals surface area contributed by atoms with Gasteiger partial charge in [-0.1, -0.05) is 85.6 Å². The van der Waals surface area contributed by atoms with Gasteiger partial charge in [-0.2, -0.15) is 0 Å². The van der Waals surface area contributed by atoms with Crippen molar-refractivity contribution in [3.63, 3.8) is 0 Å². The molecule has 0 rings (SSSR count). The van der Waals surface area contributed by atoms with Crippen LogP contribution in [0.4, 0.5) is 0 Å². The molecule has 0 nitrogen and oxygen atoms in total. The molecule has 0 aliphatic heterocycles. The number of allylic oxidation sites excluding steroid dienone is 13. The Hall–Kier alpha value is -1.82. The first-order valence-electron chi connectivity index (χ1n) is 4.91. The molecule has 0 heterocycles. The highest BCUT2D eigenvalue weighted by atomic mass is 13.7. The van der Waals surface area contributed by atoms with E-state index in [1.54, 1.807) is 6.08 Å². The largest absolute Gasteiger partial charge is 0.0877 e. The minimum absolute atomic E-state index is 1.50. The average Bonchev–Trinajstić information content (AvgIpc) is 2.26. The van der Waals surface area contributed by atoms with E-state index in [0.29, 0.717) is 0 Å². The van der Waals surface area contributed by atoms with Gasteiger partial charge in [0.2, 0.25) is 0 Å². The second-order valence-corrected chi connectivity index (χ2v) is 2.64. The first kappa shape index (κ1) is 13.2. The summed E-state index contributed by atoms with van der Waals surface area (Å²) in [4.78, 5) is 0. The summed E-state index contributed by atoms with van der Waals surface area (Å²) < 4.78 is 0. The SMILES string of the molecule is [CH]=CC=CC=CC=CC=CC=CC=CC. The van der Waals surface area contributed by atoms with Crippen LogP contribution in [0.5, 0.6) is 0 Å². The molecule has 0 heteroatoms. The molecule has 0 atom stereocenters. The van der Waals surface area contributed by atoms with Crippen LogP contribution < -0.4 is 0 Å². The maximum Gasteiger partial charge on any atom is -0.0467 e. The maximum absolute atomic E-state index is 5.16. The molecular formula is C15H17. The third-order valence-electron chi connectivity index (χ3n) is 1.41. The number of rotatable bonds is 6. The first-order chi connectivity index (χ1) is 7.41. The molecule has 0 aliphatic rings. The summed E-state index contributed by atoms with van der Waals surface area (Å²) in [5.41, 5.74) is 0. The Kier molecular flexibility index (Phi) is 10.7. The van der Waals surface area contributed by atoms with Gasteiger partial charge in [0.15, 0.2) is 0 Å². The predicted molar refractivity (Wildman–Crippen MR) is 69.4 cm³/mol. The smallest absolute Gasteiger partial charge is 0.0467 e. The molecule has 0 unspecified atom stereocenters. The van der Waals surface area contributed by atoms with Gasteiger partial charge in [0.25, 0.3) is 0 Å². The molecule has 0 bridgehead atoms. The Balaban J connectivity index is 3.74. The molecule has 15 heavy (non-hydrogen) atoms. The zero-order valence-corrected chi connectivity index (χ0v) is 9.08. The second kappa shape index (κ2) is 12.2. The van der Waals surface area contributed by atoms with Crippen LogP contribution >= 0.6 is 0 Å². The van der Waals surface area contributed by atoms with Gasteiger partial charge < -0.3 is 0 Å². The Morgan fingerprint density at radius 2 is 0.867 bits per heavy atom. The highest BCUT2D eigenvalue weighted by Gasteiger charge is 1.62. The average molecular weight is 197 g/mol. The lowest BCUT2D eigenvalue weighted by molar-refractivity contribution is 1.73. The minimum Gasteiger partial charge on any atom is -0.0877 e. The van der Waals surface area contributed by atoms with Crippen molar-refractivity contribution < 1.29 is 0 Å². The standard InChI is InChI=1S/C15H17/c1-3-5-7-9-11-13-15-14-12-10-8-6-4-2/h1,3-15H,2H3. The van der Waals surface area contributed by atoms with Crippen molar-refractivity contribution in [2.75, 3.05) is 0 Å². The van der Waals surface area contributed by atoms with Gasteiger partial charge in [-0.15, -0.1) is 0 Å². The fourth-order valence-electron chi connectivity index (χ4n) is 0.753. The van der Waals surface area contributed by atoms with E-state index < -0.39 is 0 Å². The van der Waals surface area contributed by atoms with Crippen molar-refractivity contribution in [3.05, 3.63) is 85.6 Å². The van der Waals surface area contributed by atoms with Gasteiger partial charge in [0.1, 0.15) is 0 Å². The molecule has 77 valence electrons. The van der Waals surface area contributed by atoms with E-state index in [2.05, 4.69) is 0 Å². The van der Waals surface area contributed by atoms with Crippen molar-refractivity contribution in [2.24, 2.45) is 0 Å². The molecule has 0 fully saturated rings. The van der Waals surface area contributed by atoms with Crippen LogP contribution in [0.2, 0.25) is 0 Å². The van der Waals surface area contributed by atoms with Crippen molar-refractivity contribution in [2.45, 2.75) is 6.92 Å². The summed E-state index contributed by atoms with van der Waals surface area (Å²) in [7, 11) is 0. The highest BCUT2D eigenvalue weighted by molar-refractivity contribution is 5.19. The molecule has 0 aromatic rings. The van der Waals surface area contributed by atoms with Crippen LogP contribution in [0, 0.1) is 6.58 Å². The maximum atomic E-state index is 5.16. The van der Waals surface area contributed by atoms with E-state index in [1.165, 1.54) is 6.08 Å². The highest BCUT2D eigenvalue weighted by Crippen LogP contribution is 1.84. The molecule has 0 amide bonds. The fraction of sp³-hybridized carbons (Fsp3) is 0.0667. The minimum atomic E-state index is 1.50. The van der Waals surface area contributed by atoms with Gasteiger partial charge in [-0.3, -0.25) is 0 Å². The fourth-order valence-corrected chi connectivity index (χ4v) is 0.753. The monoisotopic (exact) mass is 197 g/mol. The van der Waals surface area contributed by atoms with Crippen LogP contribution in [-0.2, 0) is 0 Å². The quantitative estimate of drug-likeness (QED) is 0.556. The Morgan fingerprint density at radius 1 is 0.533 bits per heavy atom. The van der Waals surface area contributed by atoms with Gasteiger partial charge in [0, 0.05) is 0 Å². The normalized spacial score (nSPS) is 13.7. The molecule has 0 N–H and O–H groups in total. The zero-order chi connectivity index (χ0) is 11.2. The van der Waals surface area contributed by atoms with Crippen LogP contribution in [-0.4, -0.2) is 0 Å². The summed E-state index contributed by atoms with van der Waals surface area (Å²) in [5, 5.41) is 0. The zero-order valence-electron chi connectivity index (χ0n) is 9.08. The summed E-state index contributed by atoms with van der Waals surface area (Å²) >= 11 is 0. The molecule has 0 aromatic carbocycles. The van der Waals surface area contributed by atoms with Crippen molar-refractivity contribution in [1.29, 1.82) is 0 Å². The Morgan fingerprint density at radius 3 is 1.20 bits per heavy atom. The van der Waals surface area contributed by atoms with Crippen LogP contribution in [0.1, 0.15) is 6.92 Å². The molecule has 0 spiro atoms. The molecule has 1 radical (unpaired) electrons. The lowest BCUT2D eigenvalue weighted by atomic mass is 10.3. The summed E-state index contributed by atoms with van der Waals surface area (Å²) in [5.74, 6) is 0. The summed E-state index contributed by atoms with van der Waals surface area (Å²) in [6.45, 7) is 7.15. The lowest BCUT2D eigenvalue weighted by Gasteiger charge is -1.74. The number of hydrogen-bond donors (Lipinski definition) is 0. The van der Waals surface area contributed by atoms with E-state index in [-0.39, 0.29) is 0 Å². The third-order valence-corrected chi connectivity index (χ3v) is 1.41. The predicted octanol–water partition coefficient (Wildman–Crippen LogP) is 4.33. The van der Waals surface area contributed by atoms with E-state index in [0.717, 1.165) is 0 Å². The second-order valence-electron chi connectivity index (χ2n) is 2.64. The first-order valence-corrected chi connectivity index (χ1v) is 4.91. The van der Waals surface area contributed by atoms with Crippen LogP contribution in [0.3, 0.4) is 0 Å². The molecule has 0 saturated carbocycles. The van der Waals surface area contributed by atoms with Crippen molar-refractivity contribution >= 4 is 0 Å². The molecule has 0 aromatic heterocycles. The number of hydrogen-bond acceptors (Lipinski definition) is 0.